The van der Waals surface area contributed by atoms with E-state index in [0.717, 1.165) is 21.2 Å². The molecule has 0 bridgehead atoms. The maximum absolute atomic E-state index is 6.06. The molecule has 0 spiro atoms. The topological polar surface area (TPSA) is 20.7 Å². The molecular formula is C13H7BrCl2N2S. The van der Waals surface area contributed by atoms with Crippen LogP contribution in [-0.2, 0) is 0 Å². The van der Waals surface area contributed by atoms with E-state index in [-0.39, 0.29) is 0 Å². The van der Waals surface area contributed by atoms with Gasteiger partial charge in [-0.2, -0.15) is 0 Å². The molecule has 0 fully saturated rings. The molecule has 3 rings (SSSR count). The SMILES string of the molecule is S=c1[nH]c2ccc(Cl)cc2n1-c1ccc(Cl)cc1Br. The minimum Gasteiger partial charge on any atom is -0.330 e. The summed E-state index contributed by atoms with van der Waals surface area (Å²) in [4.78, 5) is 3.16. The first-order valence-corrected chi connectivity index (χ1v) is 7.38. The molecule has 0 saturated heterocycles. The first kappa shape index (κ1) is 13.2. The van der Waals surface area contributed by atoms with E-state index in [1.807, 2.05) is 41.0 Å². The van der Waals surface area contributed by atoms with Crippen molar-refractivity contribution in [2.24, 2.45) is 0 Å². The number of nitrogens with zero attached hydrogens (tertiary/aromatic N) is 1. The highest BCUT2D eigenvalue weighted by Crippen LogP contribution is 2.29. The van der Waals surface area contributed by atoms with Gasteiger partial charge < -0.3 is 4.98 Å². The Morgan fingerprint density at radius 2 is 1.74 bits per heavy atom. The lowest BCUT2D eigenvalue weighted by molar-refractivity contribution is 1.06. The molecule has 3 aromatic rings. The highest BCUT2D eigenvalue weighted by molar-refractivity contribution is 9.10. The number of hydrogen-bond acceptors (Lipinski definition) is 1. The highest BCUT2D eigenvalue weighted by Gasteiger charge is 2.10. The first-order valence-electron chi connectivity index (χ1n) is 5.42. The van der Waals surface area contributed by atoms with Crippen LogP contribution in [0.15, 0.2) is 40.9 Å². The lowest BCUT2D eigenvalue weighted by atomic mass is 10.3. The zero-order valence-electron chi connectivity index (χ0n) is 9.45. The minimum atomic E-state index is 0.611. The Morgan fingerprint density at radius 1 is 1.05 bits per heavy atom. The van der Waals surface area contributed by atoms with Crippen molar-refractivity contribution >= 4 is 62.4 Å². The molecule has 0 aliphatic carbocycles. The standard InChI is InChI=1S/C13H7BrCl2N2S/c14-9-5-7(15)2-4-11(9)18-12-6-8(16)1-3-10(12)17-13(18)19/h1-6H,(H,17,19). The number of fused-ring (bicyclic) bond motifs is 1. The van der Waals surface area contributed by atoms with Crippen LogP contribution in [0.25, 0.3) is 16.7 Å². The van der Waals surface area contributed by atoms with E-state index in [2.05, 4.69) is 20.9 Å². The molecule has 1 N–H and O–H groups in total. The van der Waals surface area contributed by atoms with Crippen molar-refractivity contribution in [2.75, 3.05) is 0 Å². The summed E-state index contributed by atoms with van der Waals surface area (Å²) in [6.45, 7) is 0. The summed E-state index contributed by atoms with van der Waals surface area (Å²) >= 11 is 20.9. The number of aromatic nitrogens is 2. The van der Waals surface area contributed by atoms with Crippen molar-refractivity contribution in [1.29, 1.82) is 0 Å². The summed E-state index contributed by atoms with van der Waals surface area (Å²) in [6.07, 6.45) is 0. The van der Waals surface area contributed by atoms with Crippen molar-refractivity contribution in [2.45, 2.75) is 0 Å². The van der Waals surface area contributed by atoms with Crippen LogP contribution in [0.4, 0.5) is 0 Å². The van der Waals surface area contributed by atoms with Gasteiger partial charge in [0.05, 0.1) is 16.7 Å². The fourth-order valence-corrected chi connectivity index (χ4v) is 3.31. The van der Waals surface area contributed by atoms with Crippen molar-refractivity contribution in [3.05, 3.63) is 55.7 Å². The van der Waals surface area contributed by atoms with Gasteiger partial charge in [-0.1, -0.05) is 23.2 Å². The second kappa shape index (κ2) is 4.94. The van der Waals surface area contributed by atoms with Gasteiger partial charge in [-0.25, -0.2) is 0 Å². The number of nitrogens with one attached hydrogen (secondary N) is 1. The van der Waals surface area contributed by atoms with Gasteiger partial charge in [-0.15, -0.1) is 0 Å². The summed E-state index contributed by atoms with van der Waals surface area (Å²) in [7, 11) is 0. The van der Waals surface area contributed by atoms with E-state index in [0.29, 0.717) is 14.8 Å². The molecule has 1 heterocycles. The Bertz CT molecular complexity index is 838. The molecule has 2 aromatic carbocycles. The quantitative estimate of drug-likeness (QED) is 0.538. The number of aromatic amines is 1. The van der Waals surface area contributed by atoms with Crippen LogP contribution in [0.1, 0.15) is 0 Å². The Labute approximate surface area is 133 Å². The summed E-state index contributed by atoms with van der Waals surface area (Å²) in [5.74, 6) is 0. The summed E-state index contributed by atoms with van der Waals surface area (Å²) in [6, 6.07) is 11.2. The average Bonchev–Trinajstić information content (AvgIpc) is 2.65. The number of rotatable bonds is 1. The maximum atomic E-state index is 6.06. The first-order chi connectivity index (χ1) is 9.06. The third kappa shape index (κ3) is 2.34. The predicted molar refractivity (Wildman–Crippen MR) is 86.2 cm³/mol. The minimum absolute atomic E-state index is 0.611. The number of halogens is 3. The van der Waals surface area contributed by atoms with Gasteiger partial charge in [-0.3, -0.25) is 4.57 Å². The van der Waals surface area contributed by atoms with E-state index in [4.69, 9.17) is 35.4 Å². The molecule has 0 amide bonds. The van der Waals surface area contributed by atoms with E-state index in [1.165, 1.54) is 0 Å². The van der Waals surface area contributed by atoms with E-state index in [1.54, 1.807) is 0 Å². The molecule has 19 heavy (non-hydrogen) atoms. The molecule has 96 valence electrons. The molecule has 0 aliphatic rings. The number of benzene rings is 2. The molecule has 0 radical (unpaired) electrons. The zero-order chi connectivity index (χ0) is 13.6. The third-order valence-corrected chi connectivity index (χ3v) is 4.19. The smallest absolute Gasteiger partial charge is 0.182 e. The lowest BCUT2D eigenvalue weighted by Gasteiger charge is -2.07. The van der Waals surface area contributed by atoms with Gasteiger partial charge in [0.25, 0.3) is 0 Å². The normalized spacial score (nSPS) is 11.1. The van der Waals surface area contributed by atoms with Gasteiger partial charge >= 0.3 is 0 Å². The van der Waals surface area contributed by atoms with Gasteiger partial charge in [0.1, 0.15) is 0 Å². The predicted octanol–water partition coefficient (Wildman–Crippen LogP) is 5.76. The molecule has 0 atom stereocenters. The Hall–Kier alpha value is -0.810. The average molecular weight is 374 g/mol. The highest BCUT2D eigenvalue weighted by atomic mass is 79.9. The molecule has 0 unspecified atom stereocenters. The van der Waals surface area contributed by atoms with Crippen molar-refractivity contribution in [1.82, 2.24) is 9.55 Å². The summed E-state index contributed by atoms with van der Waals surface area (Å²) in [5, 5.41) is 1.33. The fourth-order valence-electron chi connectivity index (χ4n) is 1.98. The van der Waals surface area contributed by atoms with Crippen molar-refractivity contribution in [3.63, 3.8) is 0 Å². The van der Waals surface area contributed by atoms with Crippen LogP contribution in [0.5, 0.6) is 0 Å². The van der Waals surface area contributed by atoms with Gasteiger partial charge in [-0.05, 0) is 64.5 Å². The maximum Gasteiger partial charge on any atom is 0.182 e. The van der Waals surface area contributed by atoms with Gasteiger partial charge in [0.15, 0.2) is 4.77 Å². The van der Waals surface area contributed by atoms with Crippen molar-refractivity contribution < 1.29 is 0 Å². The monoisotopic (exact) mass is 372 g/mol. The molecule has 6 heteroatoms. The molecule has 2 nitrogen and oxygen atoms in total. The Balaban J connectivity index is 2.38. The number of imidazole rings is 1. The molecule has 0 aliphatic heterocycles. The summed E-state index contributed by atoms with van der Waals surface area (Å²) < 4.78 is 3.41. The summed E-state index contributed by atoms with van der Waals surface area (Å²) in [5.41, 5.74) is 2.79. The molecule has 0 saturated carbocycles. The van der Waals surface area contributed by atoms with Crippen LogP contribution in [0.3, 0.4) is 0 Å². The fraction of sp³-hybridized carbons (Fsp3) is 0. The van der Waals surface area contributed by atoms with Crippen LogP contribution < -0.4 is 0 Å². The van der Waals surface area contributed by atoms with E-state index in [9.17, 15) is 0 Å². The zero-order valence-corrected chi connectivity index (χ0v) is 13.4. The second-order valence-electron chi connectivity index (χ2n) is 4.02. The van der Waals surface area contributed by atoms with Crippen molar-refractivity contribution in [3.8, 4) is 5.69 Å². The van der Waals surface area contributed by atoms with Gasteiger partial charge in [0.2, 0.25) is 0 Å². The van der Waals surface area contributed by atoms with Gasteiger partial charge in [0, 0.05) is 14.5 Å². The van der Waals surface area contributed by atoms with E-state index < -0.39 is 0 Å². The van der Waals surface area contributed by atoms with Crippen LogP contribution >= 0.6 is 51.3 Å². The molecular weight excluding hydrogens is 367 g/mol. The Morgan fingerprint density at radius 3 is 2.47 bits per heavy atom. The second-order valence-corrected chi connectivity index (χ2v) is 6.14. The van der Waals surface area contributed by atoms with E-state index >= 15 is 0 Å². The van der Waals surface area contributed by atoms with Crippen LogP contribution in [0.2, 0.25) is 10.0 Å². The largest absolute Gasteiger partial charge is 0.330 e. The third-order valence-electron chi connectivity index (χ3n) is 2.80. The van der Waals surface area contributed by atoms with Crippen LogP contribution in [-0.4, -0.2) is 9.55 Å². The lowest BCUT2D eigenvalue weighted by Crippen LogP contribution is -1.95. The molecule has 1 aromatic heterocycles. The Kier molecular flexibility index (Phi) is 3.43. The van der Waals surface area contributed by atoms with Crippen LogP contribution in [0, 0.1) is 4.77 Å². The number of hydrogen-bond donors (Lipinski definition) is 1. The number of H-pyrrole nitrogens is 1.